The van der Waals surface area contributed by atoms with Crippen LogP contribution >= 0.6 is 11.8 Å². The molecule has 0 radical (unpaired) electrons. The summed E-state index contributed by atoms with van der Waals surface area (Å²) in [6.07, 6.45) is 2.35. The number of hydrogen-bond donors (Lipinski definition) is 0. The van der Waals surface area contributed by atoms with Crippen molar-refractivity contribution in [2.75, 3.05) is 5.75 Å². The minimum Gasteiger partial charge on any atom is -0.290 e. The molecule has 1 saturated heterocycles. The topological polar surface area (TPSA) is 34.1 Å². The van der Waals surface area contributed by atoms with Gasteiger partial charge in [-0.25, -0.2) is 0 Å². The second kappa shape index (κ2) is 3.01. The zero-order valence-corrected chi connectivity index (χ0v) is 5.87. The number of rotatable bonds is 0. The van der Waals surface area contributed by atoms with Crippen LogP contribution in [0.4, 0.5) is 0 Å². The number of ketones is 1. The number of hydrogen-bond acceptors (Lipinski definition) is 3. The van der Waals surface area contributed by atoms with Gasteiger partial charge >= 0.3 is 0 Å². The Hall–Kier alpha value is -0.310. The second-order valence-electron chi connectivity index (χ2n) is 2.02. The molecule has 0 N–H and O–H groups in total. The van der Waals surface area contributed by atoms with Crippen molar-refractivity contribution in [1.82, 2.24) is 0 Å². The lowest BCUT2D eigenvalue weighted by atomic mass is 10.2. The molecule has 50 valence electrons. The van der Waals surface area contributed by atoms with Gasteiger partial charge in [0.05, 0.1) is 0 Å². The maximum absolute atomic E-state index is 10.6. The SMILES string of the molecule is O=C1CCCCSC1=O. The fraction of sp³-hybridized carbons (Fsp3) is 0.667. The molecule has 9 heavy (non-hydrogen) atoms. The van der Waals surface area contributed by atoms with Crippen molar-refractivity contribution in [3.63, 3.8) is 0 Å². The Labute approximate surface area is 58.0 Å². The quantitative estimate of drug-likeness (QED) is 0.476. The van der Waals surface area contributed by atoms with Crippen LogP contribution in [0.1, 0.15) is 19.3 Å². The first-order valence-electron chi connectivity index (χ1n) is 3.00. The molecule has 3 heteroatoms. The van der Waals surface area contributed by atoms with Crippen molar-refractivity contribution in [2.45, 2.75) is 19.3 Å². The summed E-state index contributed by atoms with van der Waals surface area (Å²) in [5, 5.41) is -0.243. The second-order valence-corrected chi connectivity index (χ2v) is 3.08. The summed E-state index contributed by atoms with van der Waals surface area (Å²) in [6.45, 7) is 0. The molecular weight excluding hydrogens is 136 g/mol. The molecule has 0 aromatic carbocycles. The standard InChI is InChI=1S/C6H8O2S/c7-5-3-1-2-4-9-6(5)8/h1-4H2. The van der Waals surface area contributed by atoms with Crippen LogP contribution in [-0.2, 0) is 9.59 Å². The number of thioether (sulfide) groups is 1. The summed E-state index contributed by atoms with van der Waals surface area (Å²) in [7, 11) is 0. The van der Waals surface area contributed by atoms with Gasteiger partial charge in [0, 0.05) is 12.2 Å². The molecule has 0 aromatic heterocycles. The lowest BCUT2D eigenvalue weighted by Crippen LogP contribution is -2.06. The molecule has 0 aromatic rings. The van der Waals surface area contributed by atoms with Crippen LogP contribution in [0.25, 0.3) is 0 Å². The van der Waals surface area contributed by atoms with Crippen LogP contribution in [0, 0.1) is 0 Å². The Morgan fingerprint density at radius 2 is 2.00 bits per heavy atom. The van der Waals surface area contributed by atoms with Gasteiger partial charge in [-0.2, -0.15) is 0 Å². The summed E-state index contributed by atoms with van der Waals surface area (Å²) < 4.78 is 0. The van der Waals surface area contributed by atoms with E-state index >= 15 is 0 Å². The normalized spacial score (nSPS) is 21.8. The Morgan fingerprint density at radius 1 is 1.22 bits per heavy atom. The Kier molecular flexibility index (Phi) is 2.28. The first-order valence-corrected chi connectivity index (χ1v) is 3.99. The number of Topliss-reactive ketones (excluding diaryl/α,β-unsaturated/α-hetero) is 1. The average molecular weight is 144 g/mol. The van der Waals surface area contributed by atoms with E-state index in [-0.39, 0.29) is 10.9 Å². The van der Waals surface area contributed by atoms with Crippen LogP contribution in [0.15, 0.2) is 0 Å². The fourth-order valence-electron chi connectivity index (χ4n) is 0.735. The summed E-state index contributed by atoms with van der Waals surface area (Å²) in [4.78, 5) is 21.3. The molecular formula is C6H8O2S. The molecule has 0 amide bonds. The van der Waals surface area contributed by atoms with Crippen molar-refractivity contribution in [1.29, 1.82) is 0 Å². The highest BCUT2D eigenvalue weighted by Crippen LogP contribution is 2.14. The van der Waals surface area contributed by atoms with E-state index in [1.165, 1.54) is 0 Å². The molecule has 0 bridgehead atoms. The van der Waals surface area contributed by atoms with Crippen molar-refractivity contribution in [3.05, 3.63) is 0 Å². The maximum Gasteiger partial charge on any atom is 0.254 e. The third kappa shape index (κ3) is 1.82. The van der Waals surface area contributed by atoms with Crippen molar-refractivity contribution in [2.24, 2.45) is 0 Å². The van der Waals surface area contributed by atoms with Crippen molar-refractivity contribution < 1.29 is 9.59 Å². The van der Waals surface area contributed by atoms with E-state index in [2.05, 4.69) is 0 Å². The summed E-state index contributed by atoms with van der Waals surface area (Å²) in [5.41, 5.74) is 0. The molecule has 0 spiro atoms. The smallest absolute Gasteiger partial charge is 0.254 e. The van der Waals surface area contributed by atoms with Crippen LogP contribution < -0.4 is 0 Å². The first-order chi connectivity index (χ1) is 4.30. The van der Waals surface area contributed by atoms with Gasteiger partial charge in [0.15, 0.2) is 0 Å². The molecule has 2 nitrogen and oxygen atoms in total. The Balaban J connectivity index is 2.51. The summed E-state index contributed by atoms with van der Waals surface area (Å²) in [6, 6.07) is 0. The summed E-state index contributed by atoms with van der Waals surface area (Å²) >= 11 is 1.16. The first kappa shape index (κ1) is 6.81. The van der Waals surface area contributed by atoms with Crippen molar-refractivity contribution in [3.8, 4) is 0 Å². The van der Waals surface area contributed by atoms with E-state index in [9.17, 15) is 9.59 Å². The van der Waals surface area contributed by atoms with Gasteiger partial charge in [0.25, 0.3) is 5.12 Å². The highest BCUT2D eigenvalue weighted by atomic mass is 32.2. The van der Waals surface area contributed by atoms with Crippen molar-refractivity contribution >= 4 is 22.7 Å². The predicted octanol–water partition coefficient (Wildman–Crippen LogP) is 0.999. The van der Waals surface area contributed by atoms with Gasteiger partial charge in [-0.1, -0.05) is 11.8 Å². The van der Waals surface area contributed by atoms with Gasteiger partial charge in [-0.3, -0.25) is 9.59 Å². The molecule has 0 atom stereocenters. The number of carbonyl (C=O) groups is 2. The van der Waals surface area contributed by atoms with E-state index in [0.29, 0.717) is 6.42 Å². The summed E-state index contributed by atoms with van der Waals surface area (Å²) in [5.74, 6) is 0.627. The molecule has 1 aliphatic heterocycles. The minimum atomic E-state index is -0.243. The minimum absolute atomic E-state index is 0.197. The zero-order valence-electron chi connectivity index (χ0n) is 5.05. The van der Waals surface area contributed by atoms with Gasteiger partial charge in [0.2, 0.25) is 5.78 Å². The molecule has 1 rings (SSSR count). The van der Waals surface area contributed by atoms with Gasteiger partial charge in [-0.05, 0) is 12.8 Å². The Morgan fingerprint density at radius 3 is 2.78 bits per heavy atom. The molecule has 1 aliphatic rings. The molecule has 0 aliphatic carbocycles. The third-order valence-electron chi connectivity index (χ3n) is 1.26. The van der Waals surface area contributed by atoms with Crippen LogP contribution in [-0.4, -0.2) is 16.7 Å². The van der Waals surface area contributed by atoms with E-state index in [4.69, 9.17) is 0 Å². The largest absolute Gasteiger partial charge is 0.290 e. The monoisotopic (exact) mass is 144 g/mol. The fourth-order valence-corrected chi connectivity index (χ4v) is 1.53. The Bertz CT molecular complexity index is 126. The zero-order chi connectivity index (χ0) is 6.69. The number of carbonyl (C=O) groups excluding carboxylic acids is 2. The molecule has 1 fully saturated rings. The highest BCUT2D eigenvalue weighted by molar-refractivity contribution is 8.15. The molecule has 1 heterocycles. The lowest BCUT2D eigenvalue weighted by Gasteiger charge is -1.86. The molecule has 0 saturated carbocycles. The maximum atomic E-state index is 10.6. The van der Waals surface area contributed by atoms with Crippen LogP contribution in [0.2, 0.25) is 0 Å². The lowest BCUT2D eigenvalue weighted by molar-refractivity contribution is -0.131. The van der Waals surface area contributed by atoms with Gasteiger partial charge < -0.3 is 0 Å². The van der Waals surface area contributed by atoms with E-state index in [1.54, 1.807) is 0 Å². The van der Waals surface area contributed by atoms with Gasteiger partial charge in [-0.15, -0.1) is 0 Å². The van der Waals surface area contributed by atoms with E-state index < -0.39 is 0 Å². The predicted molar refractivity (Wildman–Crippen MR) is 36.3 cm³/mol. The highest BCUT2D eigenvalue weighted by Gasteiger charge is 2.16. The third-order valence-corrected chi connectivity index (χ3v) is 2.24. The van der Waals surface area contributed by atoms with Gasteiger partial charge in [0.1, 0.15) is 0 Å². The molecule has 0 unspecified atom stereocenters. The average Bonchev–Trinajstić information content (AvgIpc) is 1.99. The van der Waals surface area contributed by atoms with E-state index in [0.717, 1.165) is 30.4 Å². The van der Waals surface area contributed by atoms with E-state index in [1.807, 2.05) is 0 Å². The van der Waals surface area contributed by atoms with Crippen LogP contribution in [0.5, 0.6) is 0 Å². The van der Waals surface area contributed by atoms with Crippen LogP contribution in [0.3, 0.4) is 0 Å².